The molecule has 1 saturated heterocycles. The van der Waals surface area contributed by atoms with Crippen LogP contribution in [0.4, 0.5) is 48.8 Å². The number of aromatic nitrogens is 3. The van der Waals surface area contributed by atoms with Crippen LogP contribution >= 0.6 is 22.0 Å². The second kappa shape index (κ2) is 13.3. The third-order valence-corrected chi connectivity index (χ3v) is 9.08. The maximum absolute atomic E-state index is 13.1. The van der Waals surface area contributed by atoms with Crippen LogP contribution in [-0.4, -0.2) is 64.6 Å². The number of anilines is 2. The fourth-order valence-corrected chi connectivity index (χ4v) is 6.19. The Morgan fingerprint density at radius 3 is 2.33 bits per heavy atom. The van der Waals surface area contributed by atoms with Crippen LogP contribution in [0.1, 0.15) is 11.1 Å². The quantitative estimate of drug-likeness (QED) is 0.158. The van der Waals surface area contributed by atoms with E-state index in [-0.39, 0.29) is 74.1 Å². The first kappa shape index (κ1) is 37.8. The molecule has 12 nitrogen and oxygen atoms in total. The van der Waals surface area contributed by atoms with Crippen molar-refractivity contribution in [2.45, 2.75) is 17.7 Å². The molecule has 22 heteroatoms. The van der Waals surface area contributed by atoms with E-state index in [1.165, 1.54) is 44.6 Å². The molecule has 52 heavy (non-hydrogen) atoms. The van der Waals surface area contributed by atoms with Gasteiger partial charge in [0.15, 0.2) is 22.5 Å². The molecule has 0 radical (unpaired) electrons. The van der Waals surface area contributed by atoms with Gasteiger partial charge in [0.2, 0.25) is 5.91 Å². The molecule has 276 valence electrons. The summed E-state index contributed by atoms with van der Waals surface area (Å²) in [6, 6.07) is 9.53. The molecule has 1 fully saturated rings. The second-order valence-electron chi connectivity index (χ2n) is 10.6. The number of methoxy groups -OCH3 is 2. The van der Waals surface area contributed by atoms with Crippen LogP contribution in [0.2, 0.25) is 0 Å². The number of urea groups is 1. The maximum atomic E-state index is 13.1. The lowest BCUT2D eigenvalue weighted by molar-refractivity contribution is -0.176. The predicted molar refractivity (Wildman–Crippen MR) is 175 cm³/mol. The number of aliphatic imine (C=N–C) groups is 1. The van der Waals surface area contributed by atoms with E-state index in [0.717, 1.165) is 39.8 Å². The number of hydrogen-bond acceptors (Lipinski definition) is 9. The number of ether oxygens (including phenoxy) is 3. The Balaban J connectivity index is 1.37. The maximum Gasteiger partial charge on any atom is 0.411 e. The Kier molecular flexibility index (Phi) is 9.68. The van der Waals surface area contributed by atoms with Gasteiger partial charge in [-0.2, -0.15) is 23.4 Å². The third-order valence-electron chi connectivity index (χ3n) is 6.99. The topological polar surface area (TPSA) is 144 Å². The number of carbonyl (C=O) groups is 2. The highest BCUT2D eigenvalue weighted by atomic mass is 32.5. The Hall–Kier alpha value is -5.40. The smallest absolute Gasteiger partial charge is 0.411 e. The van der Waals surface area contributed by atoms with E-state index in [1.54, 1.807) is 0 Å². The van der Waals surface area contributed by atoms with E-state index in [4.69, 9.17) is 14.2 Å². The van der Waals surface area contributed by atoms with Crippen molar-refractivity contribution < 1.29 is 56.4 Å². The van der Waals surface area contributed by atoms with Gasteiger partial charge >= 0.3 is 22.4 Å². The SMILES string of the molecule is COc1cc(COCC(F)(F)F)c(N2C(=O)CS/C2=N\C(=O)Nc2ccc(-c3ncn(-c4ccc(S(F)(F)(F)(F)F)cc4)n3)cc2C#N)cc1OC. The molecule has 0 aliphatic carbocycles. The van der Waals surface area contributed by atoms with E-state index in [9.17, 15) is 47.5 Å². The van der Waals surface area contributed by atoms with E-state index >= 15 is 0 Å². The molecule has 1 aliphatic heterocycles. The highest BCUT2D eigenvalue weighted by Gasteiger charge is 2.65. The summed E-state index contributed by atoms with van der Waals surface area (Å²) in [6.07, 6.45) is -3.51. The molecule has 0 saturated carbocycles. The Morgan fingerprint density at radius 2 is 1.71 bits per heavy atom. The molecule has 5 rings (SSSR count). The zero-order valence-corrected chi connectivity index (χ0v) is 28.1. The van der Waals surface area contributed by atoms with Crippen LogP contribution in [-0.2, 0) is 16.1 Å². The third kappa shape index (κ3) is 8.72. The summed E-state index contributed by atoms with van der Waals surface area (Å²) >= 11 is 0.862. The van der Waals surface area contributed by atoms with Gasteiger partial charge in [-0.05, 0) is 48.5 Å². The van der Waals surface area contributed by atoms with Crippen LogP contribution in [0.25, 0.3) is 17.1 Å². The molecule has 2 heterocycles. The molecule has 1 aliphatic rings. The fraction of sp³-hybridized carbons (Fsp3) is 0.200. The lowest BCUT2D eigenvalue weighted by Gasteiger charge is -2.40. The van der Waals surface area contributed by atoms with Crippen LogP contribution < -0.4 is 19.7 Å². The Bertz CT molecular complexity index is 2120. The minimum absolute atomic E-state index is 0.00661. The lowest BCUT2D eigenvalue weighted by Crippen LogP contribution is -2.31. The fourth-order valence-electron chi connectivity index (χ4n) is 4.68. The van der Waals surface area contributed by atoms with Crippen LogP contribution in [0, 0.1) is 11.3 Å². The van der Waals surface area contributed by atoms with Crippen molar-refractivity contribution in [2.75, 3.05) is 36.8 Å². The molecule has 4 aromatic rings. The summed E-state index contributed by atoms with van der Waals surface area (Å²) in [4.78, 5) is 33.0. The van der Waals surface area contributed by atoms with Crippen molar-refractivity contribution >= 4 is 50.5 Å². The first-order valence-corrected chi connectivity index (χ1v) is 17.2. The molecule has 0 spiro atoms. The molecule has 0 unspecified atom stereocenters. The molecule has 0 bridgehead atoms. The standard InChI is InChI=1S/C30H23F8N7O5S2/c1-48-24-10-19(13-50-15-30(31,32)33)23(11-25(24)49-2)45-26(46)14-51-29(45)42-28(47)41-22-8-3-17(9-18(22)12-39)27-40-16-44(43-27)20-4-6-21(7-5-20)52(34,35,36,37)38/h3-11,16H,13-15H2,1-2H3,(H,41,47)/b42-29-. The number of hydrogen-bond donors (Lipinski definition) is 1. The van der Waals surface area contributed by atoms with Gasteiger partial charge in [-0.25, -0.2) is 14.5 Å². The highest BCUT2D eigenvalue weighted by Crippen LogP contribution is 3.02. The number of nitrogens with one attached hydrogen (secondary N) is 1. The Morgan fingerprint density at radius 1 is 1.04 bits per heavy atom. The average Bonchev–Trinajstić information content (AvgIpc) is 3.70. The number of carbonyl (C=O) groups excluding carboxylic acids is 2. The van der Waals surface area contributed by atoms with Gasteiger partial charge in [0, 0.05) is 17.2 Å². The van der Waals surface area contributed by atoms with Crippen molar-refractivity contribution in [2.24, 2.45) is 4.99 Å². The molecule has 1 N–H and O–H groups in total. The molecular weight excluding hydrogens is 754 g/mol. The normalized spacial score (nSPS) is 15.6. The number of amidine groups is 1. The van der Waals surface area contributed by atoms with E-state index in [1.807, 2.05) is 6.07 Å². The van der Waals surface area contributed by atoms with Gasteiger partial charge in [0.1, 0.15) is 23.9 Å². The van der Waals surface area contributed by atoms with E-state index in [0.29, 0.717) is 0 Å². The summed E-state index contributed by atoms with van der Waals surface area (Å²) in [5.74, 6) is -0.497. The first-order chi connectivity index (χ1) is 24.2. The number of nitrogens with zero attached hydrogens (tertiary/aromatic N) is 6. The first-order valence-electron chi connectivity index (χ1n) is 14.2. The number of amides is 3. The molecule has 3 amide bonds. The summed E-state index contributed by atoms with van der Waals surface area (Å²) in [5.41, 5.74) is 0.203. The van der Waals surface area contributed by atoms with Crippen LogP contribution in [0.15, 0.2) is 70.8 Å². The minimum atomic E-state index is -9.88. The average molecular weight is 778 g/mol. The van der Waals surface area contributed by atoms with Crippen molar-refractivity contribution in [1.29, 1.82) is 5.26 Å². The number of halogens is 8. The predicted octanol–water partition coefficient (Wildman–Crippen LogP) is 8.23. The molecule has 0 atom stereocenters. The summed E-state index contributed by atoms with van der Waals surface area (Å²) < 4.78 is 120. The zero-order chi connectivity index (χ0) is 38.1. The largest absolute Gasteiger partial charge is 0.493 e. The number of benzene rings is 3. The second-order valence-corrected chi connectivity index (χ2v) is 14.0. The number of thioether (sulfide) groups is 1. The van der Waals surface area contributed by atoms with Gasteiger partial charge in [-0.3, -0.25) is 9.69 Å². The summed E-state index contributed by atoms with van der Waals surface area (Å²) in [5, 5.41) is 16.2. The Labute approximate surface area is 292 Å². The van der Waals surface area contributed by atoms with Crippen molar-refractivity contribution in [3.8, 4) is 34.6 Å². The van der Waals surface area contributed by atoms with Crippen molar-refractivity contribution in [1.82, 2.24) is 14.8 Å². The summed E-state index contributed by atoms with van der Waals surface area (Å²) in [7, 11) is -7.27. The van der Waals surface area contributed by atoms with Gasteiger partial charge in [-0.15, -0.1) is 5.10 Å². The minimum Gasteiger partial charge on any atom is -0.493 e. The number of rotatable bonds is 10. The monoisotopic (exact) mass is 777 g/mol. The lowest BCUT2D eigenvalue weighted by atomic mass is 10.1. The zero-order valence-electron chi connectivity index (χ0n) is 26.5. The highest BCUT2D eigenvalue weighted by molar-refractivity contribution is 8.45. The van der Waals surface area contributed by atoms with Gasteiger partial charge in [0.05, 0.1) is 49.2 Å². The van der Waals surface area contributed by atoms with Crippen LogP contribution in [0.3, 0.4) is 0 Å². The molecular formula is C30H23F8N7O5S2. The van der Waals surface area contributed by atoms with Gasteiger partial charge < -0.3 is 19.5 Å². The van der Waals surface area contributed by atoms with Crippen molar-refractivity contribution in [3.63, 3.8) is 0 Å². The van der Waals surface area contributed by atoms with Crippen molar-refractivity contribution in [3.05, 3.63) is 72.1 Å². The van der Waals surface area contributed by atoms with Gasteiger partial charge in [0.25, 0.3) is 0 Å². The molecule has 1 aromatic heterocycles. The van der Waals surface area contributed by atoms with E-state index in [2.05, 4.69) is 20.4 Å². The van der Waals surface area contributed by atoms with Crippen LogP contribution in [0.5, 0.6) is 11.5 Å². The number of alkyl halides is 3. The summed E-state index contributed by atoms with van der Waals surface area (Å²) in [6.45, 7) is -2.17. The van der Waals surface area contributed by atoms with Gasteiger partial charge in [-0.1, -0.05) is 31.2 Å². The van der Waals surface area contributed by atoms with E-state index < -0.39 is 46.4 Å². The number of nitriles is 1. The molecule has 3 aromatic carbocycles.